The van der Waals surface area contributed by atoms with Gasteiger partial charge in [0.2, 0.25) is 0 Å². The standard InChI is InChI=1S/C9H6BF3N.K/c1-2-9-4-3-8(7-14-9)5-6-10(11,12)13;/h1,3-7H;/q-1;+1/b6-5+;. The van der Waals surface area contributed by atoms with Gasteiger partial charge in [-0.1, -0.05) is 18.1 Å². The van der Waals surface area contributed by atoms with Gasteiger partial charge in [0.1, 0.15) is 5.69 Å². The Morgan fingerprint density at radius 2 is 2.00 bits per heavy atom. The summed E-state index contributed by atoms with van der Waals surface area (Å²) >= 11 is 0. The van der Waals surface area contributed by atoms with Crippen LogP contribution >= 0.6 is 0 Å². The average Bonchev–Trinajstić information content (AvgIpc) is 2.14. The van der Waals surface area contributed by atoms with Crippen LogP contribution in [0.1, 0.15) is 11.3 Å². The van der Waals surface area contributed by atoms with E-state index in [1.54, 1.807) is 0 Å². The van der Waals surface area contributed by atoms with Crippen LogP contribution in [0.4, 0.5) is 12.9 Å². The molecule has 1 heterocycles. The van der Waals surface area contributed by atoms with E-state index in [-0.39, 0.29) is 57.4 Å². The molecular formula is C9H6BF3KN. The fourth-order valence-electron chi connectivity index (χ4n) is 0.809. The first-order valence-electron chi connectivity index (χ1n) is 3.83. The van der Waals surface area contributed by atoms with Crippen LogP contribution in [-0.2, 0) is 0 Å². The molecule has 0 aromatic carbocycles. The summed E-state index contributed by atoms with van der Waals surface area (Å²) in [6, 6.07) is 2.98. The minimum Gasteiger partial charge on any atom is -0.445 e. The fourth-order valence-corrected chi connectivity index (χ4v) is 0.809. The number of aromatic nitrogens is 1. The molecule has 0 N–H and O–H groups in total. The van der Waals surface area contributed by atoms with Crippen molar-refractivity contribution in [1.82, 2.24) is 4.98 Å². The molecule has 0 saturated carbocycles. The van der Waals surface area contributed by atoms with E-state index in [9.17, 15) is 12.9 Å². The predicted octanol–water partition coefficient (Wildman–Crippen LogP) is -0.533. The van der Waals surface area contributed by atoms with E-state index in [1.807, 2.05) is 0 Å². The molecular weight excluding hydrogens is 229 g/mol. The maximum atomic E-state index is 11.8. The average molecular weight is 235 g/mol. The summed E-state index contributed by atoms with van der Waals surface area (Å²) in [4.78, 5) is 3.75. The first kappa shape index (κ1) is 14.9. The monoisotopic (exact) mass is 235 g/mol. The molecule has 0 aliphatic carbocycles. The Bertz CT molecular complexity index is 378. The van der Waals surface area contributed by atoms with Gasteiger partial charge in [-0.05, 0) is 11.6 Å². The number of hydrogen-bond donors (Lipinski definition) is 0. The summed E-state index contributed by atoms with van der Waals surface area (Å²) in [5.74, 6) is 2.49. The van der Waals surface area contributed by atoms with E-state index in [1.165, 1.54) is 18.3 Å². The molecule has 0 atom stereocenters. The van der Waals surface area contributed by atoms with E-state index in [2.05, 4.69) is 10.9 Å². The molecule has 0 unspecified atom stereocenters. The van der Waals surface area contributed by atoms with Crippen molar-refractivity contribution in [2.24, 2.45) is 0 Å². The van der Waals surface area contributed by atoms with Crippen LogP contribution in [0, 0.1) is 12.3 Å². The number of hydrogen-bond acceptors (Lipinski definition) is 1. The van der Waals surface area contributed by atoms with Gasteiger partial charge in [0.15, 0.2) is 0 Å². The van der Waals surface area contributed by atoms with E-state index >= 15 is 0 Å². The van der Waals surface area contributed by atoms with E-state index < -0.39 is 6.98 Å². The third kappa shape index (κ3) is 6.18. The number of rotatable bonds is 2. The van der Waals surface area contributed by atoms with Crippen LogP contribution in [0.3, 0.4) is 0 Å². The number of pyridine rings is 1. The van der Waals surface area contributed by atoms with E-state index in [4.69, 9.17) is 6.42 Å². The molecule has 6 heteroatoms. The van der Waals surface area contributed by atoms with Crippen molar-refractivity contribution in [2.75, 3.05) is 0 Å². The Morgan fingerprint density at radius 1 is 1.33 bits per heavy atom. The summed E-state index contributed by atoms with van der Waals surface area (Å²) in [5.41, 5.74) is 0.780. The zero-order chi connectivity index (χ0) is 10.6. The molecule has 0 aliphatic heterocycles. The first-order chi connectivity index (χ1) is 6.51. The Labute approximate surface area is 129 Å². The van der Waals surface area contributed by atoms with Gasteiger partial charge in [0.25, 0.3) is 0 Å². The molecule has 15 heavy (non-hydrogen) atoms. The fraction of sp³-hybridized carbons (Fsp3) is 0. The van der Waals surface area contributed by atoms with Crippen LogP contribution in [0.5, 0.6) is 0 Å². The molecule has 0 fully saturated rings. The van der Waals surface area contributed by atoms with Crippen molar-refractivity contribution in [3.63, 3.8) is 0 Å². The smallest absolute Gasteiger partial charge is 0.445 e. The third-order valence-electron chi connectivity index (χ3n) is 1.44. The zero-order valence-electron chi connectivity index (χ0n) is 8.12. The molecule has 0 aliphatic rings. The quantitative estimate of drug-likeness (QED) is 0.496. The second-order valence-corrected chi connectivity index (χ2v) is 2.61. The van der Waals surface area contributed by atoms with Crippen LogP contribution in [0.15, 0.2) is 24.3 Å². The van der Waals surface area contributed by atoms with Crippen molar-refractivity contribution in [1.29, 1.82) is 0 Å². The van der Waals surface area contributed by atoms with Crippen molar-refractivity contribution in [3.05, 3.63) is 35.6 Å². The molecule has 0 bridgehead atoms. The number of terminal acetylenes is 1. The summed E-state index contributed by atoms with van der Waals surface area (Å²) in [5, 5.41) is 0. The van der Waals surface area contributed by atoms with Gasteiger partial charge in [-0.2, -0.15) is 0 Å². The van der Waals surface area contributed by atoms with Crippen molar-refractivity contribution in [2.45, 2.75) is 0 Å². The first-order valence-corrected chi connectivity index (χ1v) is 3.83. The van der Waals surface area contributed by atoms with Gasteiger partial charge in [0, 0.05) is 6.20 Å². The van der Waals surface area contributed by atoms with Gasteiger partial charge in [0.05, 0.1) is 0 Å². The molecule has 1 aromatic heterocycles. The Balaban J connectivity index is 0.00000196. The normalized spacial score (nSPS) is 10.8. The van der Waals surface area contributed by atoms with Crippen molar-refractivity contribution < 1.29 is 64.3 Å². The molecule has 1 nitrogen and oxygen atoms in total. The topological polar surface area (TPSA) is 12.9 Å². The summed E-state index contributed by atoms with van der Waals surface area (Å²) < 4.78 is 35.4. The SMILES string of the molecule is C#Cc1ccc(/C=C/[B-](F)(F)F)cn1.[K+]. The van der Waals surface area contributed by atoms with Crippen molar-refractivity contribution in [3.8, 4) is 12.3 Å². The third-order valence-corrected chi connectivity index (χ3v) is 1.44. The van der Waals surface area contributed by atoms with E-state index in [0.717, 1.165) is 6.08 Å². The molecule has 0 saturated heterocycles. The summed E-state index contributed by atoms with van der Waals surface area (Å²) in [6.07, 6.45) is 7.30. The minimum absolute atomic E-state index is 0. The van der Waals surface area contributed by atoms with Gasteiger partial charge in [-0.3, -0.25) is 0 Å². The summed E-state index contributed by atoms with van der Waals surface area (Å²) in [7, 11) is 0. The van der Waals surface area contributed by atoms with Crippen LogP contribution in [-0.4, -0.2) is 12.0 Å². The van der Waals surface area contributed by atoms with Gasteiger partial charge < -0.3 is 12.9 Å². The maximum Gasteiger partial charge on any atom is 1.00 e. The van der Waals surface area contributed by atoms with E-state index in [0.29, 0.717) is 11.3 Å². The predicted molar refractivity (Wildman–Crippen MR) is 50.3 cm³/mol. The van der Waals surface area contributed by atoms with Crippen molar-refractivity contribution >= 4 is 13.1 Å². The maximum absolute atomic E-state index is 11.8. The molecule has 0 amide bonds. The second kappa shape index (κ2) is 6.51. The number of halogens is 3. The van der Waals surface area contributed by atoms with Gasteiger partial charge in [-0.25, -0.2) is 4.98 Å². The van der Waals surface area contributed by atoms with Crippen LogP contribution < -0.4 is 51.4 Å². The zero-order valence-corrected chi connectivity index (χ0v) is 11.2. The van der Waals surface area contributed by atoms with Gasteiger partial charge >= 0.3 is 58.4 Å². The Hall–Kier alpha value is -0.0587. The molecule has 1 rings (SSSR count). The molecule has 0 spiro atoms. The molecule has 0 radical (unpaired) electrons. The molecule has 1 aromatic rings. The largest absolute Gasteiger partial charge is 1.00 e. The van der Waals surface area contributed by atoms with Crippen LogP contribution in [0.25, 0.3) is 6.08 Å². The number of nitrogens with zero attached hydrogens (tertiary/aromatic N) is 1. The Kier molecular flexibility index (Phi) is 6.48. The van der Waals surface area contributed by atoms with Gasteiger partial charge in [-0.15, -0.1) is 12.4 Å². The Morgan fingerprint density at radius 3 is 2.40 bits per heavy atom. The molecule has 72 valence electrons. The minimum atomic E-state index is -4.89. The summed E-state index contributed by atoms with van der Waals surface area (Å²) in [6.45, 7) is -4.89. The second-order valence-electron chi connectivity index (χ2n) is 2.61. The van der Waals surface area contributed by atoms with Crippen LogP contribution in [0.2, 0.25) is 0 Å².